The zero-order valence-corrected chi connectivity index (χ0v) is 14.8. The van der Waals surface area contributed by atoms with Crippen molar-refractivity contribution in [3.63, 3.8) is 0 Å². The fourth-order valence-corrected chi connectivity index (χ4v) is 3.19. The molecule has 8 heteroatoms. The molecule has 1 saturated heterocycles. The van der Waals surface area contributed by atoms with Crippen molar-refractivity contribution in [2.24, 2.45) is 5.92 Å². The number of rotatable bonds is 4. The second-order valence-corrected chi connectivity index (χ2v) is 15.6. The van der Waals surface area contributed by atoms with Gasteiger partial charge in [0.25, 0.3) is 0 Å². The fraction of sp³-hybridized carbons (Fsp3) is 0.750. The molecule has 2 atom stereocenters. The van der Waals surface area contributed by atoms with Gasteiger partial charge < -0.3 is 13.6 Å². The summed E-state index contributed by atoms with van der Waals surface area (Å²) in [6.45, 7) is 11.1. The smallest absolute Gasteiger partial charge is 0.335 e. The molecule has 1 heterocycles. The number of hydrogen-bond donors (Lipinski definition) is 0. The molecular weight excluding hydrogens is 296 g/mol. The molecule has 0 amide bonds. The van der Waals surface area contributed by atoms with Crippen LogP contribution in [-0.4, -0.2) is 40.6 Å². The Kier molecular flexibility index (Phi) is 4.80. The van der Waals surface area contributed by atoms with E-state index in [9.17, 15) is 14.4 Å². The lowest BCUT2D eigenvalue weighted by Crippen LogP contribution is -2.42. The first kappa shape index (κ1) is 16.9. The SMILES string of the molecule is C[Si](C)(C)OC(=O)[C@H]1OC(=O)C[C@H]1C(=O)O[Si](C)(C)C. The molecule has 0 N–H and O–H groups in total. The molecule has 0 aromatic carbocycles. The number of carbonyl (C=O) groups is 3. The zero-order valence-electron chi connectivity index (χ0n) is 12.8. The Bertz CT molecular complexity index is 383. The molecule has 0 aromatic rings. The van der Waals surface area contributed by atoms with Gasteiger partial charge in [0.2, 0.25) is 22.7 Å². The Morgan fingerprint density at radius 2 is 1.45 bits per heavy atom. The predicted molar refractivity (Wildman–Crippen MR) is 76.9 cm³/mol. The minimum absolute atomic E-state index is 0.130. The van der Waals surface area contributed by atoms with Crippen LogP contribution in [0, 0.1) is 5.92 Å². The van der Waals surface area contributed by atoms with Gasteiger partial charge >= 0.3 is 17.9 Å². The van der Waals surface area contributed by atoms with Crippen LogP contribution < -0.4 is 0 Å². The molecule has 0 spiro atoms. The van der Waals surface area contributed by atoms with Gasteiger partial charge in [0.15, 0.2) is 0 Å². The second kappa shape index (κ2) is 5.68. The van der Waals surface area contributed by atoms with Crippen LogP contribution in [-0.2, 0) is 28.0 Å². The Morgan fingerprint density at radius 3 is 1.90 bits per heavy atom. The van der Waals surface area contributed by atoms with Crippen molar-refractivity contribution in [2.45, 2.75) is 51.8 Å². The van der Waals surface area contributed by atoms with Gasteiger partial charge in [-0.2, -0.15) is 0 Å². The monoisotopic (exact) mass is 318 g/mol. The molecule has 0 unspecified atom stereocenters. The molecule has 0 radical (unpaired) electrons. The number of cyclic esters (lactones) is 1. The molecule has 1 rings (SSSR count). The lowest BCUT2D eigenvalue weighted by Gasteiger charge is -2.24. The van der Waals surface area contributed by atoms with Gasteiger partial charge in [0, 0.05) is 0 Å². The largest absolute Gasteiger partial charge is 0.520 e. The molecular formula is C12H22O6Si2. The van der Waals surface area contributed by atoms with E-state index in [1.165, 1.54) is 0 Å². The molecule has 114 valence electrons. The van der Waals surface area contributed by atoms with E-state index in [0.29, 0.717) is 0 Å². The van der Waals surface area contributed by atoms with E-state index in [0.717, 1.165) is 0 Å². The molecule has 1 fully saturated rings. The summed E-state index contributed by atoms with van der Waals surface area (Å²) in [4.78, 5) is 35.5. The average Bonchev–Trinajstić information content (AvgIpc) is 2.55. The summed E-state index contributed by atoms with van der Waals surface area (Å²) >= 11 is 0. The maximum atomic E-state index is 12.1. The van der Waals surface area contributed by atoms with Crippen LogP contribution in [0.5, 0.6) is 0 Å². The van der Waals surface area contributed by atoms with Crippen LogP contribution in [0.4, 0.5) is 0 Å². The highest BCUT2D eigenvalue weighted by molar-refractivity contribution is 6.71. The van der Waals surface area contributed by atoms with Crippen LogP contribution >= 0.6 is 0 Å². The van der Waals surface area contributed by atoms with Gasteiger partial charge in [-0.25, -0.2) is 4.79 Å². The van der Waals surface area contributed by atoms with E-state index >= 15 is 0 Å². The number of esters is 1. The summed E-state index contributed by atoms with van der Waals surface area (Å²) in [5, 5.41) is 0. The van der Waals surface area contributed by atoms with E-state index in [2.05, 4.69) is 0 Å². The number of hydrogen-bond acceptors (Lipinski definition) is 6. The maximum absolute atomic E-state index is 12.1. The summed E-state index contributed by atoms with van der Waals surface area (Å²) in [5.74, 6) is -2.65. The van der Waals surface area contributed by atoms with Crippen molar-refractivity contribution < 1.29 is 28.0 Å². The molecule has 0 bridgehead atoms. The van der Waals surface area contributed by atoms with Gasteiger partial charge in [-0.1, -0.05) is 0 Å². The lowest BCUT2D eigenvalue weighted by atomic mass is 10.0. The average molecular weight is 318 g/mol. The van der Waals surface area contributed by atoms with E-state index < -0.39 is 46.6 Å². The molecule has 0 aromatic heterocycles. The summed E-state index contributed by atoms with van der Waals surface area (Å²) in [6.07, 6.45) is -1.30. The fourth-order valence-electron chi connectivity index (χ4n) is 1.72. The first-order chi connectivity index (χ1) is 8.89. The standard InChI is InChI=1S/C12H22O6Si2/c1-19(2,3)17-11(14)8-7-9(13)16-10(8)12(15)18-20(4,5)6/h8,10H,7H2,1-6H3/t8-,10+/m1/s1. The second-order valence-electron chi connectivity index (χ2n) is 6.79. The summed E-state index contributed by atoms with van der Waals surface area (Å²) in [6, 6.07) is 0. The molecule has 0 saturated carbocycles. The van der Waals surface area contributed by atoms with Gasteiger partial charge in [-0.05, 0) is 39.3 Å². The van der Waals surface area contributed by atoms with Crippen LogP contribution in [0.2, 0.25) is 39.3 Å². The molecule has 1 aliphatic rings. The van der Waals surface area contributed by atoms with Gasteiger partial charge in [-0.15, -0.1) is 0 Å². The lowest BCUT2D eigenvalue weighted by molar-refractivity contribution is -0.159. The molecule has 1 aliphatic heterocycles. The first-order valence-corrected chi connectivity index (χ1v) is 13.4. The predicted octanol–water partition coefficient (Wildman–Crippen LogP) is 1.67. The zero-order chi connectivity index (χ0) is 15.7. The van der Waals surface area contributed by atoms with E-state index in [1.807, 2.05) is 39.3 Å². The van der Waals surface area contributed by atoms with Gasteiger partial charge in [0.1, 0.15) is 5.92 Å². The summed E-state index contributed by atoms with van der Waals surface area (Å²) < 4.78 is 15.6. The maximum Gasteiger partial charge on any atom is 0.335 e. The third kappa shape index (κ3) is 5.08. The van der Waals surface area contributed by atoms with Crippen LogP contribution in [0.25, 0.3) is 0 Å². The third-order valence-electron chi connectivity index (χ3n) is 2.36. The van der Waals surface area contributed by atoms with Crippen molar-refractivity contribution in [2.75, 3.05) is 0 Å². The minimum Gasteiger partial charge on any atom is -0.520 e. The van der Waals surface area contributed by atoms with Crippen LogP contribution in [0.15, 0.2) is 0 Å². The van der Waals surface area contributed by atoms with Crippen molar-refractivity contribution >= 4 is 34.5 Å². The topological polar surface area (TPSA) is 78.9 Å². The number of carbonyl (C=O) groups excluding carboxylic acids is 3. The summed E-state index contributed by atoms with van der Waals surface area (Å²) in [5.41, 5.74) is 0. The molecule has 6 nitrogen and oxygen atoms in total. The molecule has 20 heavy (non-hydrogen) atoms. The van der Waals surface area contributed by atoms with Crippen molar-refractivity contribution in [3.8, 4) is 0 Å². The molecule has 0 aliphatic carbocycles. The Labute approximate surface area is 121 Å². The quantitative estimate of drug-likeness (QED) is 0.579. The van der Waals surface area contributed by atoms with E-state index in [-0.39, 0.29) is 6.42 Å². The minimum atomic E-state index is -2.11. The van der Waals surface area contributed by atoms with Crippen molar-refractivity contribution in [3.05, 3.63) is 0 Å². The van der Waals surface area contributed by atoms with Crippen molar-refractivity contribution in [1.82, 2.24) is 0 Å². The van der Waals surface area contributed by atoms with E-state index in [1.54, 1.807) is 0 Å². The van der Waals surface area contributed by atoms with E-state index in [4.69, 9.17) is 13.6 Å². The van der Waals surface area contributed by atoms with Gasteiger partial charge in [-0.3, -0.25) is 9.59 Å². The van der Waals surface area contributed by atoms with Crippen LogP contribution in [0.1, 0.15) is 6.42 Å². The highest BCUT2D eigenvalue weighted by atomic mass is 28.4. The Balaban J connectivity index is 2.81. The highest BCUT2D eigenvalue weighted by Crippen LogP contribution is 2.27. The Hall–Kier alpha value is -1.16. The van der Waals surface area contributed by atoms with Crippen molar-refractivity contribution in [1.29, 1.82) is 0 Å². The highest BCUT2D eigenvalue weighted by Gasteiger charge is 2.47. The van der Waals surface area contributed by atoms with Crippen LogP contribution in [0.3, 0.4) is 0 Å². The van der Waals surface area contributed by atoms with Gasteiger partial charge in [0.05, 0.1) is 6.42 Å². The summed E-state index contributed by atoms with van der Waals surface area (Å²) in [7, 11) is -4.19. The Morgan fingerprint density at radius 1 is 1.00 bits per heavy atom. The normalized spacial score (nSPS) is 23.2. The first-order valence-electron chi connectivity index (χ1n) is 6.54. The number of ether oxygens (including phenoxy) is 1. The third-order valence-corrected chi connectivity index (χ3v) is 3.99.